The van der Waals surface area contributed by atoms with E-state index in [0.717, 1.165) is 71.0 Å². The van der Waals surface area contributed by atoms with Crippen LogP contribution in [-0.2, 0) is 36.7 Å². The number of carbonyl (C=O) groups is 1. The molecule has 0 amide bonds. The summed E-state index contributed by atoms with van der Waals surface area (Å²) in [4.78, 5) is 21.0. The number of furan rings is 1. The molecule has 0 aliphatic carbocycles. The fourth-order valence-corrected chi connectivity index (χ4v) is 6.36. The molecule has 5 aromatic rings. The van der Waals surface area contributed by atoms with Crippen LogP contribution in [0.3, 0.4) is 0 Å². The Hall–Kier alpha value is -3.60. The summed E-state index contributed by atoms with van der Waals surface area (Å²) in [6, 6.07) is 22.7. The van der Waals surface area contributed by atoms with Crippen LogP contribution in [0.2, 0.25) is 0 Å². The van der Waals surface area contributed by atoms with Crippen molar-refractivity contribution >= 4 is 27.5 Å². The monoisotopic (exact) mass is 838 g/mol. The number of benzene rings is 3. The summed E-state index contributed by atoms with van der Waals surface area (Å²) >= 11 is 0. The molecule has 0 unspecified atom stereocenters. The Morgan fingerprint density at radius 3 is 2.16 bits per heavy atom. The van der Waals surface area contributed by atoms with E-state index < -0.39 is 0 Å². The molecule has 0 aliphatic heterocycles. The fourth-order valence-electron chi connectivity index (χ4n) is 6.36. The number of aliphatic hydroxyl groups is 1. The predicted octanol–water partition coefficient (Wildman–Crippen LogP) is 11.9. The van der Waals surface area contributed by atoms with Gasteiger partial charge >= 0.3 is 0 Å². The first-order chi connectivity index (χ1) is 22.9. The molecule has 2 aromatic heterocycles. The number of aliphatic hydroxyl groups excluding tert-OH is 1. The van der Waals surface area contributed by atoms with Gasteiger partial charge in [0.1, 0.15) is 11.9 Å². The van der Waals surface area contributed by atoms with Crippen LogP contribution >= 0.6 is 0 Å². The number of hydrogen-bond donors (Lipinski definition) is 1. The quantitative estimate of drug-likeness (QED) is 0.0815. The van der Waals surface area contributed by atoms with Crippen LogP contribution in [0.1, 0.15) is 99.1 Å². The molecule has 1 N–H and O–H groups in total. The van der Waals surface area contributed by atoms with Gasteiger partial charge < -0.3 is 9.52 Å². The smallest absolute Gasteiger partial charge is 0.162 e. The van der Waals surface area contributed by atoms with Crippen molar-refractivity contribution < 1.29 is 34.4 Å². The standard InChI is InChI=1S/C30H29N2O.C13H24O2.Ir/c1-19(2)14-21-10-11-24(25-12-13-33-29(21)25)28-17-27(31-18-32-28)22-15-20-8-6-7-9-23(20)26(16-22)30(3,4)5;1-5-10(6-2)12(14)9-13(15)11(7-3)8-4;/h6-13,16-19H,14H2,1-5H3;9-11,14H,5-8H2,1-4H3;/q-1;;/b;12-9-;. The van der Waals surface area contributed by atoms with Crippen molar-refractivity contribution in [2.45, 2.75) is 99.8 Å². The van der Waals surface area contributed by atoms with Gasteiger partial charge in [0, 0.05) is 54.7 Å². The second kappa shape index (κ2) is 17.9. The first kappa shape index (κ1) is 39.8. The first-order valence-corrected chi connectivity index (χ1v) is 17.6. The van der Waals surface area contributed by atoms with Crippen molar-refractivity contribution in [3.05, 3.63) is 96.2 Å². The van der Waals surface area contributed by atoms with E-state index in [1.54, 1.807) is 12.6 Å². The van der Waals surface area contributed by atoms with E-state index in [4.69, 9.17) is 4.42 Å². The number of carbonyl (C=O) groups excluding carboxylic acids is 1. The molecule has 0 atom stereocenters. The molecule has 0 bridgehead atoms. The van der Waals surface area contributed by atoms with Gasteiger partial charge in [-0.2, -0.15) is 0 Å². The van der Waals surface area contributed by atoms with E-state index in [1.165, 1.54) is 22.6 Å². The maximum atomic E-state index is 11.7. The molecule has 3 aromatic carbocycles. The number of rotatable bonds is 11. The van der Waals surface area contributed by atoms with Gasteiger partial charge in [0.05, 0.1) is 17.7 Å². The minimum Gasteiger partial charge on any atom is -0.512 e. The number of allylic oxidation sites excluding steroid dienone is 2. The van der Waals surface area contributed by atoms with Gasteiger partial charge in [0.25, 0.3) is 0 Å². The molecule has 0 spiro atoms. The van der Waals surface area contributed by atoms with Crippen LogP contribution in [0.4, 0.5) is 0 Å². The van der Waals surface area contributed by atoms with Gasteiger partial charge in [-0.25, -0.2) is 4.98 Å². The summed E-state index contributed by atoms with van der Waals surface area (Å²) in [5.74, 6) is 1.11. The maximum Gasteiger partial charge on any atom is 0.162 e. The first-order valence-electron chi connectivity index (χ1n) is 17.6. The average Bonchev–Trinajstić information content (AvgIpc) is 3.56. The maximum absolute atomic E-state index is 11.7. The zero-order valence-corrected chi connectivity index (χ0v) is 33.1. The van der Waals surface area contributed by atoms with Crippen molar-refractivity contribution in [3.8, 4) is 22.5 Å². The van der Waals surface area contributed by atoms with E-state index in [2.05, 4.69) is 99.2 Å². The summed E-state index contributed by atoms with van der Waals surface area (Å²) in [7, 11) is 0. The molecule has 2 heterocycles. The summed E-state index contributed by atoms with van der Waals surface area (Å²) in [6.45, 7) is 19.3. The second-order valence-corrected chi connectivity index (χ2v) is 14.2. The van der Waals surface area contributed by atoms with Gasteiger partial charge in [0.15, 0.2) is 5.78 Å². The van der Waals surface area contributed by atoms with Crippen LogP contribution in [0.25, 0.3) is 44.3 Å². The van der Waals surface area contributed by atoms with E-state index >= 15 is 0 Å². The van der Waals surface area contributed by atoms with E-state index in [1.807, 2.05) is 33.8 Å². The van der Waals surface area contributed by atoms with Crippen LogP contribution < -0.4 is 0 Å². The molecular formula is C43H53IrN2O3-. The predicted molar refractivity (Wildman–Crippen MR) is 200 cm³/mol. The van der Waals surface area contributed by atoms with Gasteiger partial charge in [-0.3, -0.25) is 9.78 Å². The largest absolute Gasteiger partial charge is 0.512 e. The van der Waals surface area contributed by atoms with E-state index in [0.29, 0.717) is 5.92 Å². The van der Waals surface area contributed by atoms with Crippen LogP contribution in [-0.4, -0.2) is 20.9 Å². The Kier molecular flexibility index (Phi) is 14.5. The fraction of sp³-hybridized carbons (Fsp3) is 0.419. The molecule has 6 heteroatoms. The number of aromatic nitrogens is 2. The molecule has 263 valence electrons. The Morgan fingerprint density at radius 1 is 0.878 bits per heavy atom. The minimum absolute atomic E-state index is 0. The van der Waals surface area contributed by atoms with Crippen LogP contribution in [0, 0.1) is 23.8 Å². The molecule has 0 fully saturated rings. The number of ketones is 1. The Bertz CT molecular complexity index is 1860. The van der Waals surface area contributed by atoms with E-state index in [9.17, 15) is 9.90 Å². The molecular weight excluding hydrogens is 785 g/mol. The van der Waals surface area contributed by atoms with Gasteiger partial charge in [-0.1, -0.05) is 104 Å². The summed E-state index contributed by atoms with van der Waals surface area (Å²) in [5, 5.41) is 13.2. The van der Waals surface area contributed by atoms with Crippen molar-refractivity contribution in [3.63, 3.8) is 0 Å². The van der Waals surface area contributed by atoms with Gasteiger partial charge in [-0.05, 0) is 61.1 Å². The van der Waals surface area contributed by atoms with Crippen molar-refractivity contribution in [1.82, 2.24) is 9.97 Å². The normalized spacial score (nSPS) is 12.0. The second-order valence-electron chi connectivity index (χ2n) is 14.2. The third-order valence-electron chi connectivity index (χ3n) is 9.21. The zero-order valence-electron chi connectivity index (χ0n) is 30.7. The van der Waals surface area contributed by atoms with Crippen molar-refractivity contribution in [2.24, 2.45) is 17.8 Å². The average molecular weight is 838 g/mol. The van der Waals surface area contributed by atoms with E-state index in [-0.39, 0.29) is 48.9 Å². The molecule has 0 aliphatic rings. The third-order valence-corrected chi connectivity index (χ3v) is 9.21. The minimum atomic E-state index is 0. The van der Waals surface area contributed by atoms with Gasteiger partial charge in [0.2, 0.25) is 0 Å². The topological polar surface area (TPSA) is 76.2 Å². The Labute approximate surface area is 307 Å². The molecule has 1 radical (unpaired) electrons. The Balaban J connectivity index is 0.000000347. The molecule has 0 saturated carbocycles. The molecule has 0 saturated heterocycles. The number of nitrogens with zero attached hydrogens (tertiary/aromatic N) is 2. The summed E-state index contributed by atoms with van der Waals surface area (Å²) in [5.41, 5.74) is 7.31. The molecule has 5 rings (SSSR count). The summed E-state index contributed by atoms with van der Waals surface area (Å²) in [6.07, 6.45) is 9.32. The number of fused-ring (bicyclic) bond motifs is 2. The van der Waals surface area contributed by atoms with Crippen LogP contribution in [0.15, 0.2) is 83.4 Å². The molecule has 5 nitrogen and oxygen atoms in total. The van der Waals surface area contributed by atoms with Crippen molar-refractivity contribution in [2.75, 3.05) is 0 Å². The van der Waals surface area contributed by atoms with Crippen molar-refractivity contribution in [1.29, 1.82) is 0 Å². The zero-order chi connectivity index (χ0) is 35.0. The SMILES string of the molecule is CC(C)Cc1ccc(-c2cc(-c3[c-]c4ccccc4c(C(C)(C)C)c3)ncn2)c2ccoc12.CCC(CC)C(=O)/C=C(\O)C(CC)CC.[Ir]. The Morgan fingerprint density at radius 2 is 1.53 bits per heavy atom. The summed E-state index contributed by atoms with van der Waals surface area (Å²) < 4.78 is 5.88. The number of hydrogen-bond acceptors (Lipinski definition) is 5. The molecule has 49 heavy (non-hydrogen) atoms. The van der Waals surface area contributed by atoms with Crippen LogP contribution in [0.5, 0.6) is 0 Å². The third kappa shape index (κ3) is 9.77. The van der Waals surface area contributed by atoms with Gasteiger partial charge in [-0.15, -0.1) is 29.1 Å².